The fraction of sp³-hybridized carbons (Fsp3) is 0.667. The lowest BCUT2D eigenvalue weighted by Crippen LogP contribution is -2.46. The molecule has 3 heteroatoms. The number of rotatable bonds is 3. The maximum atomic E-state index is 11.7. The van der Waals surface area contributed by atoms with Crippen LogP contribution in [0.2, 0.25) is 0 Å². The number of ether oxygens (including phenoxy) is 1. The van der Waals surface area contributed by atoms with E-state index in [-0.39, 0.29) is 29.7 Å². The van der Waals surface area contributed by atoms with Crippen molar-refractivity contribution in [1.29, 1.82) is 0 Å². The van der Waals surface area contributed by atoms with E-state index in [9.17, 15) is 9.59 Å². The molecule has 0 saturated carbocycles. The minimum Gasteiger partial charge on any atom is -0.461 e. The molecule has 0 spiro atoms. The molecule has 0 radical (unpaired) electrons. The number of esters is 1. The van der Waals surface area contributed by atoms with Gasteiger partial charge in [0.25, 0.3) is 0 Å². The molecule has 0 aromatic carbocycles. The summed E-state index contributed by atoms with van der Waals surface area (Å²) in [5.74, 6) is -1.05. The van der Waals surface area contributed by atoms with Crippen LogP contribution in [0.3, 0.4) is 0 Å². The number of hydrogen-bond donors (Lipinski definition) is 0. The summed E-state index contributed by atoms with van der Waals surface area (Å²) in [6.07, 6.45) is 2.25. The standard InChI is InChI=1S/C12H18O3/c1-5-6-7(2)11-8(3)10(13)9(4)12(14)15-11/h5,7-9,11H,1,6H2,2-4H3/t7-,8?,9?,11?/m0/s1. The van der Waals surface area contributed by atoms with Gasteiger partial charge < -0.3 is 4.74 Å². The van der Waals surface area contributed by atoms with Crippen LogP contribution in [0.25, 0.3) is 0 Å². The average molecular weight is 210 g/mol. The van der Waals surface area contributed by atoms with Crippen molar-refractivity contribution < 1.29 is 14.3 Å². The molecule has 0 bridgehead atoms. The van der Waals surface area contributed by atoms with Crippen LogP contribution in [-0.4, -0.2) is 17.9 Å². The van der Waals surface area contributed by atoms with Gasteiger partial charge in [-0.1, -0.05) is 19.9 Å². The van der Waals surface area contributed by atoms with Gasteiger partial charge in [-0.3, -0.25) is 9.59 Å². The first-order chi connectivity index (χ1) is 6.99. The third kappa shape index (κ3) is 2.28. The van der Waals surface area contributed by atoms with Crippen molar-refractivity contribution in [3.05, 3.63) is 12.7 Å². The summed E-state index contributed by atoms with van der Waals surface area (Å²) in [6.45, 7) is 9.06. The maximum Gasteiger partial charge on any atom is 0.316 e. The molecule has 0 aliphatic carbocycles. The number of Topliss-reactive ketones (excluding diaryl/α,β-unsaturated/α-hetero) is 1. The van der Waals surface area contributed by atoms with E-state index >= 15 is 0 Å². The van der Waals surface area contributed by atoms with Gasteiger partial charge in [0, 0.05) is 0 Å². The lowest BCUT2D eigenvalue weighted by Gasteiger charge is -2.34. The summed E-state index contributed by atoms with van der Waals surface area (Å²) < 4.78 is 5.29. The van der Waals surface area contributed by atoms with Crippen LogP contribution in [0, 0.1) is 17.8 Å². The molecule has 0 amide bonds. The van der Waals surface area contributed by atoms with Crippen molar-refractivity contribution in [1.82, 2.24) is 0 Å². The summed E-state index contributed by atoms with van der Waals surface area (Å²) in [5.41, 5.74) is 0. The molecule has 1 fully saturated rings. The number of ketones is 1. The molecular formula is C12H18O3. The van der Waals surface area contributed by atoms with Gasteiger partial charge in [0.05, 0.1) is 5.92 Å². The van der Waals surface area contributed by atoms with Crippen molar-refractivity contribution in [2.24, 2.45) is 17.8 Å². The summed E-state index contributed by atoms with van der Waals surface area (Å²) in [4.78, 5) is 23.1. The minimum atomic E-state index is -0.604. The zero-order chi connectivity index (χ0) is 11.6. The molecule has 1 heterocycles. The van der Waals surface area contributed by atoms with E-state index in [1.807, 2.05) is 13.8 Å². The van der Waals surface area contributed by atoms with E-state index in [0.717, 1.165) is 6.42 Å². The molecule has 84 valence electrons. The van der Waals surface area contributed by atoms with E-state index in [1.54, 1.807) is 13.0 Å². The lowest BCUT2D eigenvalue weighted by atomic mass is 9.82. The number of cyclic esters (lactones) is 1. The fourth-order valence-electron chi connectivity index (χ4n) is 2.02. The zero-order valence-corrected chi connectivity index (χ0v) is 9.53. The zero-order valence-electron chi connectivity index (χ0n) is 9.53. The number of carbonyl (C=O) groups is 2. The van der Waals surface area contributed by atoms with Crippen molar-refractivity contribution in [2.45, 2.75) is 33.3 Å². The Morgan fingerprint density at radius 2 is 2.07 bits per heavy atom. The predicted molar refractivity (Wildman–Crippen MR) is 57.2 cm³/mol. The topological polar surface area (TPSA) is 43.4 Å². The molecule has 0 aromatic rings. The minimum absolute atomic E-state index is 0.00726. The predicted octanol–water partition coefficient (Wildman–Crippen LogP) is 1.97. The van der Waals surface area contributed by atoms with E-state index < -0.39 is 5.92 Å². The monoisotopic (exact) mass is 210 g/mol. The maximum absolute atomic E-state index is 11.7. The average Bonchev–Trinajstić information content (AvgIpc) is 2.20. The fourth-order valence-corrected chi connectivity index (χ4v) is 2.02. The molecular weight excluding hydrogens is 192 g/mol. The van der Waals surface area contributed by atoms with Gasteiger partial charge >= 0.3 is 5.97 Å². The summed E-state index contributed by atoms with van der Waals surface area (Å²) in [7, 11) is 0. The van der Waals surface area contributed by atoms with Crippen molar-refractivity contribution in [3.8, 4) is 0 Å². The molecule has 3 nitrogen and oxygen atoms in total. The van der Waals surface area contributed by atoms with Crippen LogP contribution < -0.4 is 0 Å². The number of allylic oxidation sites excluding steroid dienone is 1. The lowest BCUT2D eigenvalue weighted by molar-refractivity contribution is -0.172. The van der Waals surface area contributed by atoms with Crippen molar-refractivity contribution >= 4 is 11.8 Å². The second kappa shape index (κ2) is 4.60. The molecule has 0 N–H and O–H groups in total. The first-order valence-corrected chi connectivity index (χ1v) is 5.34. The highest BCUT2D eigenvalue weighted by atomic mass is 16.5. The molecule has 1 aliphatic rings. The van der Waals surface area contributed by atoms with Crippen LogP contribution in [0.5, 0.6) is 0 Å². The van der Waals surface area contributed by atoms with Gasteiger partial charge in [-0.25, -0.2) is 0 Å². The Labute approximate surface area is 90.5 Å². The first-order valence-electron chi connectivity index (χ1n) is 5.34. The SMILES string of the molecule is C=CC[C@H](C)C1OC(=O)C(C)C(=O)C1C. The van der Waals surface area contributed by atoms with Gasteiger partial charge in [0.2, 0.25) is 0 Å². The van der Waals surface area contributed by atoms with E-state index in [4.69, 9.17) is 4.74 Å². The first kappa shape index (κ1) is 12.0. The van der Waals surface area contributed by atoms with Gasteiger partial charge in [-0.05, 0) is 19.3 Å². The number of hydrogen-bond acceptors (Lipinski definition) is 3. The Balaban J connectivity index is 2.78. The van der Waals surface area contributed by atoms with Crippen molar-refractivity contribution in [3.63, 3.8) is 0 Å². The normalized spacial score (nSPS) is 33.4. The Bertz CT molecular complexity index is 283. The Morgan fingerprint density at radius 3 is 2.60 bits per heavy atom. The summed E-state index contributed by atoms with van der Waals surface area (Å²) >= 11 is 0. The van der Waals surface area contributed by atoms with Crippen LogP contribution in [0.15, 0.2) is 12.7 Å². The largest absolute Gasteiger partial charge is 0.461 e. The highest BCUT2D eigenvalue weighted by Gasteiger charge is 2.41. The Morgan fingerprint density at radius 1 is 1.47 bits per heavy atom. The van der Waals surface area contributed by atoms with Crippen LogP contribution in [0.1, 0.15) is 27.2 Å². The molecule has 0 aromatic heterocycles. The Hall–Kier alpha value is -1.12. The molecule has 3 unspecified atom stereocenters. The quantitative estimate of drug-likeness (QED) is 0.406. The van der Waals surface area contributed by atoms with Crippen LogP contribution >= 0.6 is 0 Å². The highest BCUT2D eigenvalue weighted by Crippen LogP contribution is 2.28. The highest BCUT2D eigenvalue weighted by molar-refractivity contribution is 6.01. The second-order valence-corrected chi connectivity index (χ2v) is 4.32. The van der Waals surface area contributed by atoms with Crippen LogP contribution in [0.4, 0.5) is 0 Å². The molecule has 4 atom stereocenters. The smallest absolute Gasteiger partial charge is 0.316 e. The third-order valence-electron chi connectivity index (χ3n) is 3.07. The third-order valence-corrected chi connectivity index (χ3v) is 3.07. The van der Waals surface area contributed by atoms with Gasteiger partial charge in [-0.15, -0.1) is 6.58 Å². The van der Waals surface area contributed by atoms with Gasteiger partial charge in [0.1, 0.15) is 12.0 Å². The molecule has 15 heavy (non-hydrogen) atoms. The molecule has 1 aliphatic heterocycles. The summed E-state index contributed by atoms with van der Waals surface area (Å²) in [6, 6.07) is 0. The summed E-state index contributed by atoms with van der Waals surface area (Å²) in [5, 5.41) is 0. The van der Waals surface area contributed by atoms with E-state index in [0.29, 0.717) is 0 Å². The Kier molecular flexibility index (Phi) is 3.66. The molecule has 1 saturated heterocycles. The van der Waals surface area contributed by atoms with Gasteiger partial charge in [-0.2, -0.15) is 0 Å². The van der Waals surface area contributed by atoms with Crippen molar-refractivity contribution in [2.75, 3.05) is 0 Å². The second-order valence-electron chi connectivity index (χ2n) is 4.32. The van der Waals surface area contributed by atoms with E-state index in [2.05, 4.69) is 6.58 Å². The van der Waals surface area contributed by atoms with E-state index in [1.165, 1.54) is 0 Å². The molecule has 1 rings (SSSR count). The number of carbonyl (C=O) groups excluding carboxylic acids is 2. The van der Waals surface area contributed by atoms with Gasteiger partial charge in [0.15, 0.2) is 5.78 Å². The van der Waals surface area contributed by atoms with Crippen LogP contribution in [-0.2, 0) is 14.3 Å².